The molecule has 7 heteroatoms. The number of hydrogen-bond donors (Lipinski definition) is 0. The number of amides is 1. The lowest BCUT2D eigenvalue weighted by Crippen LogP contribution is -2.38. The summed E-state index contributed by atoms with van der Waals surface area (Å²) in [6, 6.07) is 7.45. The predicted octanol–water partition coefficient (Wildman–Crippen LogP) is 2.79. The van der Waals surface area contributed by atoms with Gasteiger partial charge >= 0.3 is 0 Å². The van der Waals surface area contributed by atoms with E-state index in [-0.39, 0.29) is 24.3 Å². The van der Waals surface area contributed by atoms with Crippen LogP contribution in [0.4, 0.5) is 0 Å². The Morgan fingerprint density at radius 2 is 2.05 bits per heavy atom. The molecule has 0 N–H and O–H groups in total. The third-order valence-electron chi connectivity index (χ3n) is 3.77. The lowest BCUT2D eigenvalue weighted by molar-refractivity contribution is -0.128. The van der Waals surface area contributed by atoms with Crippen LogP contribution < -0.4 is 0 Å². The van der Waals surface area contributed by atoms with Gasteiger partial charge in [0.15, 0.2) is 0 Å². The van der Waals surface area contributed by atoms with Crippen LogP contribution in [0.2, 0.25) is 5.02 Å². The number of carbonyl (C=O) groups is 1. The van der Waals surface area contributed by atoms with Crippen molar-refractivity contribution < 1.29 is 13.2 Å². The average Bonchev–Trinajstić information content (AvgIpc) is 2.70. The number of halogens is 2. The zero-order valence-electron chi connectivity index (χ0n) is 11.8. The third-order valence-corrected chi connectivity index (χ3v) is 5.87. The molecule has 1 fully saturated rings. The van der Waals surface area contributed by atoms with Crippen molar-refractivity contribution in [3.05, 3.63) is 34.9 Å². The molecule has 21 heavy (non-hydrogen) atoms. The molecule has 0 aromatic heterocycles. The highest BCUT2D eigenvalue weighted by Crippen LogP contribution is 2.30. The van der Waals surface area contributed by atoms with Crippen LogP contribution in [0.25, 0.3) is 0 Å². The van der Waals surface area contributed by atoms with Crippen molar-refractivity contribution >= 4 is 37.2 Å². The monoisotopic (exact) mass is 349 g/mol. The van der Waals surface area contributed by atoms with E-state index >= 15 is 0 Å². The molecule has 1 saturated heterocycles. The van der Waals surface area contributed by atoms with Gasteiger partial charge in [-0.25, -0.2) is 8.42 Å². The molecule has 1 aromatic rings. The van der Waals surface area contributed by atoms with Crippen LogP contribution >= 0.6 is 22.3 Å². The number of benzene rings is 1. The minimum atomic E-state index is -3.71. The minimum absolute atomic E-state index is 0.0442. The summed E-state index contributed by atoms with van der Waals surface area (Å²) in [5.74, 6) is -0.181. The lowest BCUT2D eigenvalue weighted by Gasteiger charge is -2.31. The van der Waals surface area contributed by atoms with E-state index in [9.17, 15) is 13.2 Å². The maximum absolute atomic E-state index is 12.0. The van der Waals surface area contributed by atoms with E-state index < -0.39 is 14.3 Å². The van der Waals surface area contributed by atoms with Crippen LogP contribution in [-0.2, 0) is 19.3 Å². The summed E-state index contributed by atoms with van der Waals surface area (Å²) in [7, 11) is 1.65. The molecule has 1 aromatic carbocycles. The van der Waals surface area contributed by atoms with Crippen molar-refractivity contribution in [1.29, 1.82) is 0 Å². The second kappa shape index (κ2) is 5.78. The normalized spacial score (nSPS) is 20.1. The van der Waals surface area contributed by atoms with Gasteiger partial charge < -0.3 is 4.90 Å². The van der Waals surface area contributed by atoms with E-state index in [1.165, 1.54) is 0 Å². The van der Waals surface area contributed by atoms with Crippen molar-refractivity contribution in [3.63, 3.8) is 0 Å². The van der Waals surface area contributed by atoms with Gasteiger partial charge in [-0.15, -0.1) is 0 Å². The van der Waals surface area contributed by atoms with Crippen LogP contribution in [0.15, 0.2) is 24.3 Å². The fourth-order valence-corrected chi connectivity index (χ4v) is 3.80. The highest BCUT2D eigenvalue weighted by atomic mass is 35.7. The van der Waals surface area contributed by atoms with Crippen molar-refractivity contribution in [2.75, 3.05) is 13.1 Å². The molecule has 0 aliphatic carbocycles. The Kier molecular flexibility index (Phi) is 4.57. The fraction of sp³-hybridized carbons (Fsp3) is 0.500. The van der Waals surface area contributed by atoms with E-state index in [1.54, 1.807) is 11.0 Å². The molecule has 0 radical (unpaired) electrons. The van der Waals surface area contributed by atoms with Gasteiger partial charge in [-0.05, 0) is 17.7 Å². The molecule has 2 rings (SSSR count). The quantitative estimate of drug-likeness (QED) is 0.785. The molecule has 0 spiro atoms. The van der Waals surface area contributed by atoms with Gasteiger partial charge in [-0.2, -0.15) is 0 Å². The van der Waals surface area contributed by atoms with Crippen LogP contribution in [0, 0.1) is 0 Å². The van der Waals surface area contributed by atoms with Gasteiger partial charge in [0.25, 0.3) is 0 Å². The van der Waals surface area contributed by atoms with Gasteiger partial charge in [0, 0.05) is 40.6 Å². The molecule has 1 unspecified atom stereocenters. The van der Waals surface area contributed by atoms with Gasteiger partial charge in [-0.3, -0.25) is 4.79 Å². The average molecular weight is 350 g/mol. The molecule has 1 aliphatic rings. The first-order valence-corrected chi connectivity index (χ1v) is 9.32. The first kappa shape index (κ1) is 16.6. The fourth-order valence-electron chi connectivity index (χ4n) is 2.56. The first-order chi connectivity index (χ1) is 9.59. The summed E-state index contributed by atoms with van der Waals surface area (Å²) < 4.78 is 22.7. The van der Waals surface area contributed by atoms with E-state index in [1.807, 2.05) is 32.0 Å². The highest BCUT2D eigenvalue weighted by molar-refractivity contribution is 8.14. The molecule has 116 valence electrons. The number of likely N-dealkylation sites (tertiary alicyclic amines) is 1. The van der Waals surface area contributed by atoms with E-state index in [0.29, 0.717) is 11.6 Å². The van der Waals surface area contributed by atoms with Gasteiger partial charge in [0.05, 0.1) is 0 Å². The Morgan fingerprint density at radius 3 is 2.57 bits per heavy atom. The van der Waals surface area contributed by atoms with Crippen molar-refractivity contribution in [3.8, 4) is 0 Å². The van der Waals surface area contributed by atoms with Gasteiger partial charge in [0.2, 0.25) is 15.0 Å². The molecular formula is C14H17Cl2NO3S. The first-order valence-electron chi connectivity index (χ1n) is 6.57. The number of carbonyl (C=O) groups excluding carboxylic acids is 1. The molecular weight excluding hydrogens is 333 g/mol. The van der Waals surface area contributed by atoms with Crippen LogP contribution in [0.5, 0.6) is 0 Å². The molecule has 0 bridgehead atoms. The topological polar surface area (TPSA) is 54.5 Å². The van der Waals surface area contributed by atoms with Crippen LogP contribution in [-0.4, -0.2) is 37.6 Å². The second-order valence-electron chi connectivity index (χ2n) is 5.97. The molecule has 4 nitrogen and oxygen atoms in total. The summed E-state index contributed by atoms with van der Waals surface area (Å²) in [6.07, 6.45) is -0.0442. The molecule has 1 amide bonds. The Bertz CT molecular complexity index is 658. The SMILES string of the molecule is CC(C)(CN1CC(S(=O)(=O)Cl)CC1=O)c1cccc(Cl)c1. The summed E-state index contributed by atoms with van der Waals surface area (Å²) in [5.41, 5.74) is 0.672. The van der Waals surface area contributed by atoms with Gasteiger partial charge in [0.1, 0.15) is 5.25 Å². The van der Waals surface area contributed by atoms with Crippen LogP contribution in [0.1, 0.15) is 25.8 Å². The largest absolute Gasteiger partial charge is 0.340 e. The number of hydrogen-bond acceptors (Lipinski definition) is 3. The molecule has 1 atom stereocenters. The molecule has 0 saturated carbocycles. The summed E-state index contributed by atoms with van der Waals surface area (Å²) in [6.45, 7) is 4.56. The van der Waals surface area contributed by atoms with Crippen LogP contribution in [0.3, 0.4) is 0 Å². The van der Waals surface area contributed by atoms with Gasteiger partial charge in [-0.1, -0.05) is 37.6 Å². The van der Waals surface area contributed by atoms with Crippen molar-refractivity contribution in [2.24, 2.45) is 0 Å². The summed E-state index contributed by atoms with van der Waals surface area (Å²) >= 11 is 6.00. The maximum Gasteiger partial charge on any atom is 0.237 e. The summed E-state index contributed by atoms with van der Waals surface area (Å²) in [4.78, 5) is 13.5. The van der Waals surface area contributed by atoms with E-state index in [4.69, 9.17) is 22.3 Å². The Morgan fingerprint density at radius 1 is 1.38 bits per heavy atom. The van der Waals surface area contributed by atoms with Crippen molar-refractivity contribution in [2.45, 2.75) is 30.9 Å². The Balaban J connectivity index is 2.16. The lowest BCUT2D eigenvalue weighted by atomic mass is 9.84. The molecule has 1 heterocycles. The third kappa shape index (κ3) is 3.90. The smallest absolute Gasteiger partial charge is 0.237 e. The minimum Gasteiger partial charge on any atom is -0.340 e. The Hall–Kier alpha value is -0.780. The van der Waals surface area contributed by atoms with E-state index in [2.05, 4.69) is 0 Å². The maximum atomic E-state index is 12.0. The number of nitrogens with zero attached hydrogens (tertiary/aromatic N) is 1. The number of rotatable bonds is 4. The predicted molar refractivity (Wildman–Crippen MR) is 84.2 cm³/mol. The Labute approximate surface area is 134 Å². The zero-order valence-corrected chi connectivity index (χ0v) is 14.2. The van der Waals surface area contributed by atoms with Crippen molar-refractivity contribution in [1.82, 2.24) is 4.90 Å². The second-order valence-corrected chi connectivity index (χ2v) is 9.31. The standard InChI is InChI=1S/C14H17Cl2NO3S/c1-14(2,10-4-3-5-11(15)6-10)9-17-8-12(7-13(17)18)21(16,19)20/h3-6,12H,7-9H2,1-2H3. The van der Waals surface area contributed by atoms with E-state index in [0.717, 1.165) is 5.56 Å². The highest BCUT2D eigenvalue weighted by Gasteiger charge is 2.39. The zero-order chi connectivity index (χ0) is 15.8. The summed E-state index contributed by atoms with van der Waals surface area (Å²) in [5, 5.41) is -0.184. The molecule has 1 aliphatic heterocycles.